The van der Waals surface area contributed by atoms with Crippen LogP contribution in [0.5, 0.6) is 0 Å². The maximum Gasteiger partial charge on any atom is 0.335 e. The molecule has 1 heterocycles. The van der Waals surface area contributed by atoms with Crippen molar-refractivity contribution in [3.63, 3.8) is 0 Å². The molecule has 5 nitrogen and oxygen atoms in total. The van der Waals surface area contributed by atoms with Crippen LogP contribution < -0.4 is 0 Å². The second kappa shape index (κ2) is 5.39. The van der Waals surface area contributed by atoms with Crippen molar-refractivity contribution in [2.75, 3.05) is 12.0 Å². The van der Waals surface area contributed by atoms with Crippen LogP contribution in [0.3, 0.4) is 0 Å². The summed E-state index contributed by atoms with van der Waals surface area (Å²) in [7, 11) is 0. The molecule has 1 N–H and O–H groups in total. The number of benzene rings is 1. The van der Waals surface area contributed by atoms with Crippen LogP contribution in [0.4, 0.5) is 0 Å². The van der Waals surface area contributed by atoms with E-state index in [1.807, 2.05) is 0 Å². The van der Waals surface area contributed by atoms with E-state index < -0.39 is 5.97 Å². The van der Waals surface area contributed by atoms with Crippen molar-refractivity contribution in [3.8, 4) is 0 Å². The molecule has 0 aliphatic rings. The van der Waals surface area contributed by atoms with E-state index in [0.29, 0.717) is 5.92 Å². The maximum absolute atomic E-state index is 10.9. The molecule has 2 aromatic rings. The Morgan fingerprint density at radius 2 is 2.33 bits per heavy atom. The predicted molar refractivity (Wildman–Crippen MR) is 72.0 cm³/mol. The third-order valence-electron chi connectivity index (χ3n) is 2.70. The smallest absolute Gasteiger partial charge is 0.335 e. The Hall–Kier alpha value is -1.56. The fraction of sp³-hybridized carbons (Fsp3) is 0.417. The van der Waals surface area contributed by atoms with Gasteiger partial charge in [-0.2, -0.15) is 11.8 Å². The number of nitrogens with zero attached hydrogens (tertiary/aromatic N) is 3. The number of aromatic nitrogens is 3. The lowest BCUT2D eigenvalue weighted by molar-refractivity contribution is 0.0697. The van der Waals surface area contributed by atoms with Crippen molar-refractivity contribution in [2.45, 2.75) is 13.5 Å². The van der Waals surface area contributed by atoms with Gasteiger partial charge in [-0.15, -0.1) is 5.10 Å². The fourth-order valence-electron chi connectivity index (χ4n) is 1.87. The lowest BCUT2D eigenvalue weighted by Gasteiger charge is -2.09. The van der Waals surface area contributed by atoms with E-state index in [2.05, 4.69) is 23.5 Å². The van der Waals surface area contributed by atoms with E-state index >= 15 is 0 Å². The molecule has 0 aliphatic heterocycles. The number of aromatic carboxylic acids is 1. The van der Waals surface area contributed by atoms with Crippen molar-refractivity contribution in [2.24, 2.45) is 5.92 Å². The summed E-state index contributed by atoms with van der Waals surface area (Å²) < 4.78 is 1.78. The van der Waals surface area contributed by atoms with Crippen LogP contribution in [0, 0.1) is 5.92 Å². The minimum Gasteiger partial charge on any atom is -0.478 e. The quantitative estimate of drug-likeness (QED) is 0.897. The third kappa shape index (κ3) is 2.64. The SMILES string of the molecule is CSCC(C)Cn1nnc2ccc(C(=O)O)cc21. The zero-order valence-corrected chi connectivity index (χ0v) is 11.1. The Balaban J connectivity index is 2.33. The first-order valence-corrected chi connectivity index (χ1v) is 7.06. The van der Waals surface area contributed by atoms with Gasteiger partial charge < -0.3 is 5.11 Å². The highest BCUT2D eigenvalue weighted by Crippen LogP contribution is 2.16. The van der Waals surface area contributed by atoms with Gasteiger partial charge >= 0.3 is 5.97 Å². The molecule has 0 aliphatic carbocycles. The molecular formula is C12H15N3O2S. The van der Waals surface area contributed by atoms with E-state index in [9.17, 15) is 4.79 Å². The average Bonchev–Trinajstić information content (AvgIpc) is 2.72. The van der Waals surface area contributed by atoms with Crippen LogP contribution in [0.1, 0.15) is 17.3 Å². The molecule has 0 amide bonds. The summed E-state index contributed by atoms with van der Waals surface area (Å²) >= 11 is 1.79. The van der Waals surface area contributed by atoms with Crippen molar-refractivity contribution in [1.82, 2.24) is 15.0 Å². The van der Waals surface area contributed by atoms with Crippen molar-refractivity contribution in [3.05, 3.63) is 23.8 Å². The van der Waals surface area contributed by atoms with E-state index in [-0.39, 0.29) is 5.56 Å². The number of fused-ring (bicyclic) bond motifs is 1. The van der Waals surface area contributed by atoms with E-state index in [1.165, 1.54) is 0 Å². The van der Waals surface area contributed by atoms with Crippen LogP contribution >= 0.6 is 11.8 Å². The van der Waals surface area contributed by atoms with Crippen molar-refractivity contribution >= 4 is 28.8 Å². The van der Waals surface area contributed by atoms with Gasteiger partial charge in [0, 0.05) is 6.54 Å². The topological polar surface area (TPSA) is 68.0 Å². The molecule has 1 unspecified atom stereocenters. The summed E-state index contributed by atoms with van der Waals surface area (Å²) in [6, 6.07) is 4.88. The molecule has 1 aromatic carbocycles. The number of thioether (sulfide) groups is 1. The number of carboxylic acids is 1. The molecule has 2 rings (SSSR count). The van der Waals surface area contributed by atoms with Gasteiger partial charge in [0.05, 0.1) is 11.1 Å². The minimum absolute atomic E-state index is 0.267. The summed E-state index contributed by atoms with van der Waals surface area (Å²) in [6.45, 7) is 2.89. The fourth-order valence-corrected chi connectivity index (χ4v) is 2.54. The zero-order chi connectivity index (χ0) is 13.1. The third-order valence-corrected chi connectivity index (χ3v) is 3.60. The first-order valence-electron chi connectivity index (χ1n) is 5.67. The molecule has 0 spiro atoms. The van der Waals surface area contributed by atoms with Gasteiger partial charge in [0.1, 0.15) is 5.52 Å². The van der Waals surface area contributed by atoms with Crippen LogP contribution in [0.15, 0.2) is 18.2 Å². The highest BCUT2D eigenvalue weighted by Gasteiger charge is 2.11. The lowest BCUT2D eigenvalue weighted by atomic mass is 10.2. The summed E-state index contributed by atoms with van der Waals surface area (Å²) in [5.74, 6) is 0.583. The predicted octanol–water partition coefficient (Wildman–Crippen LogP) is 2.13. The molecular weight excluding hydrogens is 250 g/mol. The molecule has 0 bridgehead atoms. The number of hydrogen-bond donors (Lipinski definition) is 1. The van der Waals surface area contributed by atoms with Gasteiger partial charge in [-0.1, -0.05) is 12.1 Å². The lowest BCUT2D eigenvalue weighted by Crippen LogP contribution is -2.11. The molecule has 0 fully saturated rings. The van der Waals surface area contributed by atoms with Crippen LogP contribution in [0.25, 0.3) is 11.0 Å². The van der Waals surface area contributed by atoms with Crippen LogP contribution in [-0.4, -0.2) is 38.1 Å². The van der Waals surface area contributed by atoms with E-state index in [0.717, 1.165) is 23.3 Å². The Labute approximate surface area is 109 Å². The van der Waals surface area contributed by atoms with Crippen molar-refractivity contribution < 1.29 is 9.90 Å². The minimum atomic E-state index is -0.929. The van der Waals surface area contributed by atoms with Gasteiger partial charge in [-0.05, 0) is 36.1 Å². The molecule has 1 atom stereocenters. The highest BCUT2D eigenvalue weighted by atomic mass is 32.2. The summed E-state index contributed by atoms with van der Waals surface area (Å²) in [5.41, 5.74) is 1.78. The molecule has 6 heteroatoms. The van der Waals surface area contributed by atoms with Gasteiger partial charge in [-0.3, -0.25) is 0 Å². The first kappa shape index (κ1) is 12.9. The standard InChI is InChI=1S/C12H15N3O2S/c1-8(7-18-2)6-15-11-5-9(12(16)17)3-4-10(11)13-14-15/h3-5,8H,6-7H2,1-2H3,(H,16,17). The monoisotopic (exact) mass is 265 g/mol. The van der Waals surface area contributed by atoms with Gasteiger partial charge in [-0.25, -0.2) is 9.48 Å². The molecule has 0 saturated carbocycles. The Bertz CT molecular complexity index is 567. The summed E-state index contributed by atoms with van der Waals surface area (Å²) in [5, 5.41) is 17.1. The normalized spacial score (nSPS) is 12.8. The average molecular weight is 265 g/mol. The largest absolute Gasteiger partial charge is 0.478 e. The van der Waals surface area contributed by atoms with E-state index in [1.54, 1.807) is 34.6 Å². The number of rotatable bonds is 5. The number of carboxylic acid groups (broad SMARTS) is 1. The first-order chi connectivity index (χ1) is 8.61. The molecule has 96 valence electrons. The van der Waals surface area contributed by atoms with Crippen LogP contribution in [0.2, 0.25) is 0 Å². The second-order valence-corrected chi connectivity index (χ2v) is 5.25. The molecule has 0 radical (unpaired) electrons. The van der Waals surface area contributed by atoms with Gasteiger partial charge in [0.2, 0.25) is 0 Å². The number of carbonyl (C=O) groups is 1. The second-order valence-electron chi connectivity index (χ2n) is 4.34. The van der Waals surface area contributed by atoms with Gasteiger partial charge in [0.15, 0.2) is 0 Å². The highest BCUT2D eigenvalue weighted by molar-refractivity contribution is 7.98. The Morgan fingerprint density at radius 1 is 1.56 bits per heavy atom. The summed E-state index contributed by atoms with van der Waals surface area (Å²) in [4.78, 5) is 10.9. The Morgan fingerprint density at radius 3 is 3.00 bits per heavy atom. The van der Waals surface area contributed by atoms with E-state index in [4.69, 9.17) is 5.11 Å². The molecule has 0 saturated heterocycles. The van der Waals surface area contributed by atoms with Gasteiger partial charge in [0.25, 0.3) is 0 Å². The maximum atomic E-state index is 10.9. The Kier molecular flexibility index (Phi) is 3.86. The van der Waals surface area contributed by atoms with Crippen molar-refractivity contribution in [1.29, 1.82) is 0 Å². The number of hydrogen-bond acceptors (Lipinski definition) is 4. The molecule has 18 heavy (non-hydrogen) atoms. The summed E-state index contributed by atoms with van der Waals surface area (Å²) in [6.07, 6.45) is 2.07. The molecule has 1 aromatic heterocycles. The zero-order valence-electron chi connectivity index (χ0n) is 10.3. The van der Waals surface area contributed by atoms with Crippen LogP contribution in [-0.2, 0) is 6.54 Å².